The zero-order chi connectivity index (χ0) is 19.9. The van der Waals surface area contributed by atoms with Crippen LogP contribution in [0.5, 0.6) is 0 Å². The summed E-state index contributed by atoms with van der Waals surface area (Å²) in [6, 6.07) is 8.69. The Balaban J connectivity index is 1.60. The van der Waals surface area contributed by atoms with Crippen molar-refractivity contribution in [2.45, 2.75) is 45.1 Å². The predicted molar refractivity (Wildman–Crippen MR) is 112 cm³/mol. The van der Waals surface area contributed by atoms with Crippen LogP contribution in [-0.2, 0) is 9.53 Å². The van der Waals surface area contributed by atoms with E-state index >= 15 is 0 Å². The van der Waals surface area contributed by atoms with Crippen LogP contribution in [0, 0.1) is 18.8 Å². The van der Waals surface area contributed by atoms with E-state index in [4.69, 9.17) is 10.5 Å². The number of aliphatic imine (C=N–C) groups is 1. The number of hydrogen-bond donors (Lipinski definition) is 2. The third-order valence-corrected chi connectivity index (χ3v) is 5.89. The Bertz CT molecular complexity index is 674. The van der Waals surface area contributed by atoms with Crippen LogP contribution < -0.4 is 11.1 Å². The fourth-order valence-electron chi connectivity index (χ4n) is 4.44. The summed E-state index contributed by atoms with van der Waals surface area (Å²) < 4.78 is 6.14. The van der Waals surface area contributed by atoms with E-state index in [1.54, 1.807) is 0 Å². The number of benzene rings is 1. The lowest BCUT2D eigenvalue weighted by Crippen LogP contribution is -2.48. The van der Waals surface area contributed by atoms with Gasteiger partial charge < -0.3 is 20.7 Å². The molecule has 0 saturated carbocycles. The van der Waals surface area contributed by atoms with Gasteiger partial charge in [-0.2, -0.15) is 0 Å². The molecule has 3 rings (SSSR count). The minimum Gasteiger partial charge on any atom is -0.373 e. The Morgan fingerprint density at radius 3 is 2.79 bits per heavy atom. The molecule has 1 aromatic carbocycles. The second-order valence-electron chi connectivity index (χ2n) is 8.16. The van der Waals surface area contributed by atoms with Crippen molar-refractivity contribution in [1.29, 1.82) is 0 Å². The third-order valence-electron chi connectivity index (χ3n) is 5.89. The largest absolute Gasteiger partial charge is 0.373 e. The SMILES string of the molecule is CN=C(NCC1CCCOC1c1ccc(C)cc1)N1CCCC(CC(N)=O)C1. The molecule has 3 atom stereocenters. The highest BCUT2D eigenvalue weighted by molar-refractivity contribution is 5.80. The van der Waals surface area contributed by atoms with Crippen LogP contribution in [0.3, 0.4) is 0 Å². The molecule has 0 bridgehead atoms. The number of rotatable bonds is 5. The molecule has 3 N–H and O–H groups in total. The fraction of sp³-hybridized carbons (Fsp3) is 0.636. The van der Waals surface area contributed by atoms with Crippen molar-refractivity contribution in [2.75, 3.05) is 33.3 Å². The Morgan fingerprint density at radius 2 is 2.07 bits per heavy atom. The molecule has 2 aliphatic rings. The molecular weight excluding hydrogens is 352 g/mol. The molecule has 0 aliphatic carbocycles. The number of aryl methyl sites for hydroxylation is 1. The van der Waals surface area contributed by atoms with Crippen LogP contribution >= 0.6 is 0 Å². The zero-order valence-electron chi connectivity index (χ0n) is 17.2. The number of amides is 1. The molecule has 2 fully saturated rings. The van der Waals surface area contributed by atoms with Crippen LogP contribution in [-0.4, -0.2) is 50.1 Å². The predicted octanol–water partition coefficient (Wildman–Crippen LogP) is 2.63. The van der Waals surface area contributed by atoms with E-state index in [-0.39, 0.29) is 12.0 Å². The number of primary amides is 1. The number of guanidine groups is 1. The lowest BCUT2D eigenvalue weighted by atomic mass is 9.89. The third kappa shape index (κ3) is 5.47. The van der Waals surface area contributed by atoms with Gasteiger partial charge in [0.05, 0.1) is 6.10 Å². The van der Waals surface area contributed by atoms with Crippen LogP contribution in [0.2, 0.25) is 0 Å². The topological polar surface area (TPSA) is 80.0 Å². The van der Waals surface area contributed by atoms with Gasteiger partial charge in [-0.25, -0.2) is 0 Å². The van der Waals surface area contributed by atoms with Gasteiger partial charge in [-0.1, -0.05) is 29.8 Å². The van der Waals surface area contributed by atoms with E-state index in [1.807, 2.05) is 7.05 Å². The molecule has 0 spiro atoms. The molecule has 6 nitrogen and oxygen atoms in total. The molecule has 0 radical (unpaired) electrons. The second-order valence-corrected chi connectivity index (χ2v) is 8.16. The van der Waals surface area contributed by atoms with E-state index in [1.165, 1.54) is 11.1 Å². The van der Waals surface area contributed by atoms with Crippen molar-refractivity contribution in [3.8, 4) is 0 Å². The van der Waals surface area contributed by atoms with Gasteiger partial charge in [0.25, 0.3) is 0 Å². The highest BCUT2D eigenvalue weighted by Crippen LogP contribution is 2.33. The van der Waals surface area contributed by atoms with Gasteiger partial charge in [0.15, 0.2) is 5.96 Å². The summed E-state index contributed by atoms with van der Waals surface area (Å²) in [5, 5.41) is 3.57. The molecule has 28 heavy (non-hydrogen) atoms. The van der Waals surface area contributed by atoms with E-state index in [0.717, 1.165) is 57.9 Å². The number of hydrogen-bond acceptors (Lipinski definition) is 3. The molecular formula is C22H34N4O2. The molecule has 1 aromatic rings. The molecule has 3 unspecified atom stereocenters. The highest BCUT2D eigenvalue weighted by Gasteiger charge is 2.29. The van der Waals surface area contributed by atoms with Crippen molar-refractivity contribution in [3.63, 3.8) is 0 Å². The Hall–Kier alpha value is -2.08. The van der Waals surface area contributed by atoms with Crippen LogP contribution in [0.1, 0.15) is 49.3 Å². The van der Waals surface area contributed by atoms with E-state index in [2.05, 4.69) is 46.4 Å². The lowest BCUT2D eigenvalue weighted by molar-refractivity contribution is -0.119. The maximum Gasteiger partial charge on any atom is 0.217 e. The number of carbonyl (C=O) groups excluding carboxylic acids is 1. The van der Waals surface area contributed by atoms with Crippen molar-refractivity contribution < 1.29 is 9.53 Å². The average Bonchev–Trinajstić information content (AvgIpc) is 2.69. The van der Waals surface area contributed by atoms with E-state index < -0.39 is 0 Å². The van der Waals surface area contributed by atoms with Crippen LogP contribution in [0.15, 0.2) is 29.3 Å². The van der Waals surface area contributed by atoms with Crippen molar-refractivity contribution in [2.24, 2.45) is 22.6 Å². The number of piperidine rings is 1. The first-order chi connectivity index (χ1) is 13.6. The summed E-state index contributed by atoms with van der Waals surface area (Å²) in [4.78, 5) is 18.0. The standard InChI is InChI=1S/C22H34N4O2/c1-16-7-9-18(10-8-16)21-19(6-4-12-28-21)14-25-22(24-2)26-11-3-5-17(15-26)13-20(23)27/h7-10,17,19,21H,3-6,11-15H2,1-2H3,(H2,23,27)(H,24,25). The fourth-order valence-corrected chi connectivity index (χ4v) is 4.44. The number of nitrogens with one attached hydrogen (secondary N) is 1. The Kier molecular flexibility index (Phi) is 7.31. The van der Waals surface area contributed by atoms with E-state index in [0.29, 0.717) is 18.3 Å². The zero-order valence-corrected chi connectivity index (χ0v) is 17.2. The van der Waals surface area contributed by atoms with Gasteiger partial charge in [0.1, 0.15) is 0 Å². The van der Waals surface area contributed by atoms with Crippen molar-refractivity contribution >= 4 is 11.9 Å². The first kappa shape index (κ1) is 20.6. The highest BCUT2D eigenvalue weighted by atomic mass is 16.5. The van der Waals surface area contributed by atoms with Crippen LogP contribution in [0.25, 0.3) is 0 Å². The number of nitrogens with zero attached hydrogens (tertiary/aromatic N) is 2. The summed E-state index contributed by atoms with van der Waals surface area (Å²) in [6.07, 6.45) is 4.95. The van der Waals surface area contributed by atoms with Crippen molar-refractivity contribution in [1.82, 2.24) is 10.2 Å². The summed E-state index contributed by atoms with van der Waals surface area (Å²) in [5.74, 6) is 1.44. The van der Waals surface area contributed by atoms with Gasteiger partial charge in [0, 0.05) is 45.6 Å². The number of ether oxygens (including phenoxy) is 1. The van der Waals surface area contributed by atoms with Gasteiger partial charge in [-0.15, -0.1) is 0 Å². The first-order valence-corrected chi connectivity index (χ1v) is 10.5. The maximum atomic E-state index is 11.3. The summed E-state index contributed by atoms with van der Waals surface area (Å²) in [5.41, 5.74) is 7.92. The Labute approximate surface area is 168 Å². The van der Waals surface area contributed by atoms with Crippen molar-refractivity contribution in [3.05, 3.63) is 35.4 Å². The minimum absolute atomic E-state index is 0.129. The van der Waals surface area contributed by atoms with Gasteiger partial charge in [-0.3, -0.25) is 9.79 Å². The average molecular weight is 387 g/mol. The van der Waals surface area contributed by atoms with Gasteiger partial charge in [-0.05, 0) is 44.1 Å². The summed E-state index contributed by atoms with van der Waals surface area (Å²) >= 11 is 0. The van der Waals surface area contributed by atoms with E-state index in [9.17, 15) is 4.79 Å². The monoisotopic (exact) mass is 386 g/mol. The first-order valence-electron chi connectivity index (χ1n) is 10.5. The second kappa shape index (κ2) is 9.92. The van der Waals surface area contributed by atoms with Crippen LogP contribution in [0.4, 0.5) is 0 Å². The minimum atomic E-state index is -0.213. The normalized spacial score (nSPS) is 26.1. The molecule has 1 amide bonds. The molecule has 6 heteroatoms. The summed E-state index contributed by atoms with van der Waals surface area (Å²) in [6.45, 7) is 5.58. The van der Waals surface area contributed by atoms with Gasteiger partial charge >= 0.3 is 0 Å². The van der Waals surface area contributed by atoms with Gasteiger partial charge in [0.2, 0.25) is 5.91 Å². The number of nitrogens with two attached hydrogens (primary N) is 1. The smallest absolute Gasteiger partial charge is 0.217 e. The molecule has 2 heterocycles. The Morgan fingerprint density at radius 1 is 1.29 bits per heavy atom. The quantitative estimate of drug-likeness (QED) is 0.602. The molecule has 2 saturated heterocycles. The molecule has 154 valence electrons. The number of carbonyl (C=O) groups is 1. The number of likely N-dealkylation sites (tertiary alicyclic amines) is 1. The lowest BCUT2D eigenvalue weighted by Gasteiger charge is -2.37. The molecule has 0 aromatic heterocycles. The maximum absolute atomic E-state index is 11.3. The summed E-state index contributed by atoms with van der Waals surface area (Å²) in [7, 11) is 1.83. The molecule has 2 aliphatic heterocycles.